The topological polar surface area (TPSA) is 21.8 Å². The Labute approximate surface area is 75.2 Å². The highest BCUT2D eigenvalue weighted by atomic mass is 16.6. The molecule has 0 aromatic carbocycles. The Morgan fingerprint density at radius 1 is 1.42 bits per heavy atom. The van der Waals surface area contributed by atoms with E-state index in [-0.39, 0.29) is 5.60 Å². The van der Waals surface area contributed by atoms with E-state index < -0.39 is 0 Å². The van der Waals surface area contributed by atoms with Gasteiger partial charge in [0.15, 0.2) is 0 Å². The first-order valence-corrected chi connectivity index (χ1v) is 4.92. The van der Waals surface area contributed by atoms with Crippen LogP contribution in [0.2, 0.25) is 0 Å². The lowest BCUT2D eigenvalue weighted by Gasteiger charge is -2.22. The van der Waals surface area contributed by atoms with Gasteiger partial charge in [-0.3, -0.25) is 0 Å². The van der Waals surface area contributed by atoms with Crippen molar-refractivity contribution in [2.75, 3.05) is 13.2 Å². The van der Waals surface area contributed by atoms with Gasteiger partial charge in [0.25, 0.3) is 0 Å². The third-order valence-electron chi connectivity index (χ3n) is 2.33. The fourth-order valence-corrected chi connectivity index (χ4v) is 1.23. The average Bonchev–Trinajstić information content (AvgIpc) is 2.80. The van der Waals surface area contributed by atoms with Crippen LogP contribution in [0.25, 0.3) is 0 Å². The molecule has 0 saturated carbocycles. The van der Waals surface area contributed by atoms with Gasteiger partial charge in [0.1, 0.15) is 6.10 Å². The summed E-state index contributed by atoms with van der Waals surface area (Å²) in [6.45, 7) is 8.17. The Morgan fingerprint density at radius 2 is 2.08 bits per heavy atom. The van der Waals surface area contributed by atoms with Gasteiger partial charge in [0.05, 0.1) is 12.2 Å². The second-order valence-electron chi connectivity index (χ2n) is 3.98. The maximum absolute atomic E-state index is 5.73. The smallest absolute Gasteiger partial charge is 0.109 e. The molecular formula is C10H20O2. The number of unbranched alkanes of at least 4 members (excludes halogenated alkanes) is 2. The van der Waals surface area contributed by atoms with Crippen LogP contribution in [0, 0.1) is 0 Å². The Balaban J connectivity index is 2.04. The minimum absolute atomic E-state index is 0.0618. The zero-order valence-corrected chi connectivity index (χ0v) is 8.43. The molecule has 1 atom stereocenters. The summed E-state index contributed by atoms with van der Waals surface area (Å²) in [4.78, 5) is 0. The number of epoxide rings is 1. The first-order valence-electron chi connectivity index (χ1n) is 4.92. The second-order valence-corrected chi connectivity index (χ2v) is 3.98. The highest BCUT2D eigenvalue weighted by molar-refractivity contribution is 4.88. The van der Waals surface area contributed by atoms with Crippen LogP contribution in [0.4, 0.5) is 0 Å². The normalized spacial score (nSPS) is 22.8. The molecule has 12 heavy (non-hydrogen) atoms. The minimum Gasteiger partial charge on any atom is -0.373 e. The first-order chi connectivity index (χ1) is 5.67. The Kier molecular flexibility index (Phi) is 3.53. The molecule has 0 bridgehead atoms. The van der Waals surface area contributed by atoms with Crippen LogP contribution < -0.4 is 0 Å². The zero-order chi connectivity index (χ0) is 9.03. The molecule has 0 radical (unpaired) electrons. The fraction of sp³-hybridized carbons (Fsp3) is 1.00. The van der Waals surface area contributed by atoms with Crippen LogP contribution in [-0.2, 0) is 9.47 Å². The third kappa shape index (κ3) is 3.11. The van der Waals surface area contributed by atoms with Crippen molar-refractivity contribution < 1.29 is 9.47 Å². The lowest BCUT2D eigenvalue weighted by Crippen LogP contribution is -2.31. The molecule has 2 nitrogen and oxygen atoms in total. The molecule has 0 spiro atoms. The molecule has 1 unspecified atom stereocenters. The van der Waals surface area contributed by atoms with Crippen molar-refractivity contribution in [3.63, 3.8) is 0 Å². The van der Waals surface area contributed by atoms with E-state index in [1.165, 1.54) is 19.3 Å². The Morgan fingerprint density at radius 3 is 2.58 bits per heavy atom. The molecule has 1 fully saturated rings. The monoisotopic (exact) mass is 172 g/mol. The molecule has 1 saturated heterocycles. The van der Waals surface area contributed by atoms with Gasteiger partial charge < -0.3 is 9.47 Å². The van der Waals surface area contributed by atoms with Crippen LogP contribution in [0.1, 0.15) is 40.0 Å². The summed E-state index contributed by atoms with van der Waals surface area (Å²) in [6, 6.07) is 0. The summed E-state index contributed by atoms with van der Waals surface area (Å²) >= 11 is 0. The van der Waals surface area contributed by atoms with Crippen molar-refractivity contribution >= 4 is 0 Å². The minimum atomic E-state index is -0.0618. The molecule has 0 aromatic heterocycles. The summed E-state index contributed by atoms with van der Waals surface area (Å²) < 4.78 is 10.9. The fourth-order valence-electron chi connectivity index (χ4n) is 1.23. The van der Waals surface area contributed by atoms with Crippen LogP contribution in [-0.4, -0.2) is 24.9 Å². The third-order valence-corrected chi connectivity index (χ3v) is 2.33. The Hall–Kier alpha value is -0.0800. The predicted octanol–water partition coefficient (Wildman–Crippen LogP) is 2.37. The van der Waals surface area contributed by atoms with Gasteiger partial charge in [-0.25, -0.2) is 0 Å². The van der Waals surface area contributed by atoms with E-state index in [4.69, 9.17) is 9.47 Å². The highest BCUT2D eigenvalue weighted by Gasteiger charge is 2.40. The lowest BCUT2D eigenvalue weighted by molar-refractivity contribution is -0.0376. The lowest BCUT2D eigenvalue weighted by atomic mass is 10.1. The quantitative estimate of drug-likeness (QED) is 0.453. The summed E-state index contributed by atoms with van der Waals surface area (Å²) in [7, 11) is 0. The second kappa shape index (κ2) is 4.24. The van der Waals surface area contributed by atoms with E-state index in [9.17, 15) is 0 Å². The van der Waals surface area contributed by atoms with Crippen molar-refractivity contribution in [1.82, 2.24) is 0 Å². The summed E-state index contributed by atoms with van der Waals surface area (Å²) in [6.07, 6.45) is 4.04. The number of hydrogen-bond acceptors (Lipinski definition) is 2. The van der Waals surface area contributed by atoms with Crippen molar-refractivity contribution in [1.29, 1.82) is 0 Å². The Bertz CT molecular complexity index is 128. The van der Waals surface area contributed by atoms with E-state index >= 15 is 0 Å². The van der Waals surface area contributed by atoms with Crippen LogP contribution >= 0.6 is 0 Å². The van der Waals surface area contributed by atoms with Crippen molar-refractivity contribution in [2.45, 2.75) is 51.7 Å². The summed E-state index contributed by atoms with van der Waals surface area (Å²) in [5.74, 6) is 0. The SMILES string of the molecule is CCCCCOC(C)(C)C1CO1. The van der Waals surface area contributed by atoms with Crippen LogP contribution in [0.15, 0.2) is 0 Å². The van der Waals surface area contributed by atoms with Gasteiger partial charge in [0.2, 0.25) is 0 Å². The van der Waals surface area contributed by atoms with Crippen molar-refractivity contribution in [3.05, 3.63) is 0 Å². The largest absolute Gasteiger partial charge is 0.373 e. The van der Waals surface area contributed by atoms with Gasteiger partial charge in [-0.15, -0.1) is 0 Å². The first kappa shape index (κ1) is 10.0. The molecule has 1 aliphatic rings. The van der Waals surface area contributed by atoms with E-state index in [0.29, 0.717) is 6.10 Å². The molecule has 2 heteroatoms. The van der Waals surface area contributed by atoms with E-state index in [1.807, 2.05) is 0 Å². The van der Waals surface area contributed by atoms with Gasteiger partial charge >= 0.3 is 0 Å². The van der Waals surface area contributed by atoms with Crippen molar-refractivity contribution in [3.8, 4) is 0 Å². The van der Waals surface area contributed by atoms with E-state index in [2.05, 4.69) is 20.8 Å². The molecule has 1 heterocycles. The predicted molar refractivity (Wildman–Crippen MR) is 49.3 cm³/mol. The number of hydrogen-bond donors (Lipinski definition) is 0. The molecule has 1 rings (SSSR count). The molecular weight excluding hydrogens is 152 g/mol. The number of ether oxygens (including phenoxy) is 2. The van der Waals surface area contributed by atoms with Gasteiger partial charge in [-0.1, -0.05) is 19.8 Å². The maximum atomic E-state index is 5.73. The van der Waals surface area contributed by atoms with Crippen LogP contribution in [0.5, 0.6) is 0 Å². The molecule has 0 N–H and O–H groups in total. The zero-order valence-electron chi connectivity index (χ0n) is 8.43. The van der Waals surface area contributed by atoms with Crippen molar-refractivity contribution in [2.24, 2.45) is 0 Å². The highest BCUT2D eigenvalue weighted by Crippen LogP contribution is 2.27. The molecule has 0 aromatic rings. The molecule has 72 valence electrons. The standard InChI is InChI=1S/C10H20O2/c1-4-5-6-7-12-10(2,3)9-8-11-9/h9H,4-8H2,1-3H3. The maximum Gasteiger partial charge on any atom is 0.109 e. The van der Waals surface area contributed by atoms with E-state index in [1.54, 1.807) is 0 Å². The summed E-state index contributed by atoms with van der Waals surface area (Å²) in [5, 5.41) is 0. The van der Waals surface area contributed by atoms with Gasteiger partial charge in [0, 0.05) is 6.61 Å². The summed E-state index contributed by atoms with van der Waals surface area (Å²) in [5.41, 5.74) is -0.0618. The molecule has 0 amide bonds. The van der Waals surface area contributed by atoms with Crippen LogP contribution in [0.3, 0.4) is 0 Å². The molecule has 1 aliphatic heterocycles. The molecule has 0 aliphatic carbocycles. The number of rotatable bonds is 6. The average molecular weight is 172 g/mol. The van der Waals surface area contributed by atoms with Gasteiger partial charge in [-0.05, 0) is 20.3 Å². The van der Waals surface area contributed by atoms with E-state index in [0.717, 1.165) is 13.2 Å². The van der Waals surface area contributed by atoms with Gasteiger partial charge in [-0.2, -0.15) is 0 Å².